The van der Waals surface area contributed by atoms with Crippen LogP contribution in [0, 0.1) is 17.8 Å². The second-order valence-electron chi connectivity index (χ2n) is 9.58. The molecule has 3 heteroatoms. The first-order valence-corrected chi connectivity index (χ1v) is 10.7. The molecule has 4 fully saturated rings. The van der Waals surface area contributed by atoms with E-state index in [0.717, 1.165) is 17.8 Å². The van der Waals surface area contributed by atoms with Crippen molar-refractivity contribution in [1.82, 2.24) is 10.3 Å². The number of nitrogens with one attached hydrogen (secondary N) is 2. The second-order valence-corrected chi connectivity index (χ2v) is 9.58. The molecule has 2 heterocycles. The Morgan fingerprint density at radius 3 is 2.35 bits per heavy atom. The first-order valence-electron chi connectivity index (χ1n) is 10.7. The molecule has 0 unspecified atom stereocenters. The second kappa shape index (κ2) is 5.61. The Bertz CT molecular complexity index is 773. The summed E-state index contributed by atoms with van der Waals surface area (Å²) in [4.78, 5) is 8.47. The average molecular weight is 348 g/mol. The van der Waals surface area contributed by atoms with Crippen molar-refractivity contribution in [3.05, 3.63) is 47.1 Å². The van der Waals surface area contributed by atoms with Gasteiger partial charge in [-0.15, -0.1) is 0 Å². The van der Waals surface area contributed by atoms with Gasteiger partial charge in [-0.1, -0.05) is 0 Å². The zero-order valence-electron chi connectivity index (χ0n) is 15.6. The first kappa shape index (κ1) is 15.3. The predicted molar refractivity (Wildman–Crippen MR) is 105 cm³/mol. The van der Waals surface area contributed by atoms with E-state index in [1.54, 1.807) is 0 Å². The van der Waals surface area contributed by atoms with Gasteiger partial charge in [0, 0.05) is 17.9 Å². The van der Waals surface area contributed by atoms with Crippen molar-refractivity contribution >= 4 is 5.71 Å². The number of aliphatic imine (C=N–C) groups is 1. The quantitative estimate of drug-likeness (QED) is 0.786. The summed E-state index contributed by atoms with van der Waals surface area (Å²) in [6.07, 6.45) is 18.0. The van der Waals surface area contributed by atoms with Gasteiger partial charge in [-0.25, -0.2) is 4.99 Å². The lowest BCUT2D eigenvalue weighted by atomic mass is 9.53. The minimum atomic E-state index is 0.377. The van der Waals surface area contributed by atoms with Crippen LogP contribution in [0.15, 0.2) is 46.4 Å². The normalized spacial score (nSPS) is 39.5. The van der Waals surface area contributed by atoms with E-state index in [1.165, 1.54) is 92.5 Å². The van der Waals surface area contributed by atoms with Crippen LogP contribution in [0.4, 0.5) is 0 Å². The molecule has 136 valence electrons. The van der Waals surface area contributed by atoms with Crippen LogP contribution in [0.25, 0.3) is 0 Å². The zero-order valence-corrected chi connectivity index (χ0v) is 15.6. The summed E-state index contributed by atoms with van der Waals surface area (Å²) in [5.41, 5.74) is 6.98. The monoisotopic (exact) mass is 347 g/mol. The number of rotatable bonds is 3. The molecule has 2 N–H and O–H groups in total. The topological polar surface area (TPSA) is 40.2 Å². The molecular formula is C23H29N3. The zero-order chi connectivity index (χ0) is 17.1. The Hall–Kier alpha value is -1.77. The molecular weight excluding hydrogens is 318 g/mol. The summed E-state index contributed by atoms with van der Waals surface area (Å²) in [6, 6.07) is 4.24. The highest BCUT2D eigenvalue weighted by Gasteiger charge is 2.50. The van der Waals surface area contributed by atoms with E-state index in [4.69, 9.17) is 4.99 Å². The number of aromatic nitrogens is 1. The predicted octanol–water partition coefficient (Wildman–Crippen LogP) is 5.09. The van der Waals surface area contributed by atoms with E-state index in [1.807, 2.05) is 6.20 Å². The molecule has 1 aliphatic heterocycles. The lowest BCUT2D eigenvalue weighted by molar-refractivity contribution is -0.0130. The van der Waals surface area contributed by atoms with E-state index in [-0.39, 0.29) is 0 Å². The van der Waals surface area contributed by atoms with Gasteiger partial charge in [0.2, 0.25) is 0 Å². The number of aromatic amines is 1. The van der Waals surface area contributed by atoms with Crippen molar-refractivity contribution in [1.29, 1.82) is 0 Å². The third kappa shape index (κ3) is 2.35. The minimum absolute atomic E-state index is 0.377. The van der Waals surface area contributed by atoms with Crippen LogP contribution in [-0.4, -0.2) is 16.2 Å². The van der Waals surface area contributed by atoms with Crippen molar-refractivity contribution < 1.29 is 0 Å². The molecule has 5 aliphatic carbocycles. The highest BCUT2D eigenvalue weighted by molar-refractivity contribution is 6.15. The fraction of sp³-hybridized carbons (Fsp3) is 0.609. The first-order chi connectivity index (χ1) is 12.8. The minimum Gasteiger partial charge on any atom is -0.384 e. The van der Waals surface area contributed by atoms with Gasteiger partial charge in [0.15, 0.2) is 0 Å². The van der Waals surface area contributed by atoms with E-state index >= 15 is 0 Å². The number of allylic oxidation sites excluding steroid dienone is 2. The van der Waals surface area contributed by atoms with Crippen LogP contribution in [-0.2, 0) is 0 Å². The number of H-pyrrole nitrogens is 1. The van der Waals surface area contributed by atoms with Crippen LogP contribution in [0.1, 0.15) is 69.9 Å². The van der Waals surface area contributed by atoms with Gasteiger partial charge in [0.25, 0.3) is 0 Å². The van der Waals surface area contributed by atoms with Crippen molar-refractivity contribution in [2.75, 3.05) is 0 Å². The molecule has 0 radical (unpaired) electrons. The van der Waals surface area contributed by atoms with Crippen LogP contribution >= 0.6 is 0 Å². The Morgan fingerprint density at radius 2 is 1.69 bits per heavy atom. The van der Waals surface area contributed by atoms with Crippen LogP contribution in [0.3, 0.4) is 0 Å². The van der Waals surface area contributed by atoms with Crippen LogP contribution in [0.2, 0.25) is 0 Å². The van der Waals surface area contributed by atoms with E-state index in [0.29, 0.717) is 5.54 Å². The number of hydrogen-bond donors (Lipinski definition) is 2. The highest BCUT2D eigenvalue weighted by atomic mass is 15.0. The smallest absolute Gasteiger partial charge is 0.0907 e. The molecule has 7 rings (SSSR count). The summed E-state index contributed by atoms with van der Waals surface area (Å²) >= 11 is 0. The third-order valence-electron chi connectivity index (χ3n) is 7.70. The Labute approximate surface area is 156 Å². The SMILES string of the molecule is C(NC12CC3CC(CC(C3)C1)C2)=C1N=C(c2ccc[nH]2)C2=C1CCCC2. The fourth-order valence-corrected chi connectivity index (χ4v) is 7.03. The maximum absolute atomic E-state index is 5.10. The Morgan fingerprint density at radius 1 is 1.00 bits per heavy atom. The molecule has 4 saturated carbocycles. The molecule has 26 heavy (non-hydrogen) atoms. The molecule has 0 amide bonds. The van der Waals surface area contributed by atoms with E-state index < -0.39 is 0 Å². The molecule has 0 saturated heterocycles. The van der Waals surface area contributed by atoms with Gasteiger partial charge in [-0.2, -0.15) is 0 Å². The van der Waals surface area contributed by atoms with Crippen LogP contribution < -0.4 is 5.32 Å². The van der Waals surface area contributed by atoms with Gasteiger partial charge in [-0.05, 0) is 105 Å². The summed E-state index contributed by atoms with van der Waals surface area (Å²) in [6.45, 7) is 0. The molecule has 4 bridgehead atoms. The van der Waals surface area contributed by atoms with E-state index in [2.05, 4.69) is 28.6 Å². The molecule has 0 aromatic carbocycles. The van der Waals surface area contributed by atoms with Gasteiger partial charge in [0.05, 0.1) is 17.1 Å². The Kier molecular flexibility index (Phi) is 3.30. The molecule has 0 atom stereocenters. The summed E-state index contributed by atoms with van der Waals surface area (Å²) < 4.78 is 0. The maximum atomic E-state index is 5.10. The van der Waals surface area contributed by atoms with Crippen molar-refractivity contribution in [3.8, 4) is 0 Å². The van der Waals surface area contributed by atoms with Gasteiger partial charge >= 0.3 is 0 Å². The third-order valence-corrected chi connectivity index (χ3v) is 7.70. The van der Waals surface area contributed by atoms with E-state index in [9.17, 15) is 0 Å². The average Bonchev–Trinajstić information content (AvgIpc) is 3.27. The summed E-state index contributed by atoms with van der Waals surface area (Å²) in [5, 5.41) is 3.95. The molecule has 1 aromatic rings. The summed E-state index contributed by atoms with van der Waals surface area (Å²) in [7, 11) is 0. The van der Waals surface area contributed by atoms with Crippen molar-refractivity contribution in [2.45, 2.75) is 69.7 Å². The molecule has 6 aliphatic rings. The largest absolute Gasteiger partial charge is 0.384 e. The Balaban J connectivity index is 1.32. The van der Waals surface area contributed by atoms with Gasteiger partial charge in [0.1, 0.15) is 0 Å². The van der Waals surface area contributed by atoms with Crippen LogP contribution in [0.5, 0.6) is 0 Å². The lowest BCUT2D eigenvalue weighted by Gasteiger charge is -2.57. The molecule has 3 nitrogen and oxygen atoms in total. The van der Waals surface area contributed by atoms with Gasteiger partial charge < -0.3 is 10.3 Å². The van der Waals surface area contributed by atoms with Gasteiger partial charge in [-0.3, -0.25) is 0 Å². The van der Waals surface area contributed by atoms with Crippen molar-refractivity contribution in [3.63, 3.8) is 0 Å². The fourth-order valence-electron chi connectivity index (χ4n) is 7.03. The standard InChI is InChI=1S/C23H29N3/c1-2-5-19-18(4-1)21(26-22(19)20-6-3-7-24-20)14-25-23-11-15-8-16(12-23)10-17(9-15)13-23/h3,6-7,14-17,24-25H,1-2,4-5,8-13H2. The molecule has 0 spiro atoms. The number of hydrogen-bond acceptors (Lipinski definition) is 2. The van der Waals surface area contributed by atoms with Crippen molar-refractivity contribution in [2.24, 2.45) is 22.7 Å². The maximum Gasteiger partial charge on any atom is 0.0907 e. The summed E-state index contributed by atoms with van der Waals surface area (Å²) in [5.74, 6) is 2.95. The lowest BCUT2D eigenvalue weighted by Crippen LogP contribution is -2.57. The highest BCUT2D eigenvalue weighted by Crippen LogP contribution is 2.55. The number of nitrogens with zero attached hydrogens (tertiary/aromatic N) is 1. The molecule has 1 aromatic heterocycles.